The molecule has 2 aromatic carbocycles. The maximum Gasteiger partial charge on any atom is 0.277 e. The van der Waals surface area contributed by atoms with Crippen LogP contribution in [0.4, 0.5) is 0 Å². The minimum Gasteiger partial charge on any atom is -0.267 e. The molecule has 0 saturated carbocycles. The van der Waals surface area contributed by atoms with Gasteiger partial charge in [-0.3, -0.25) is 4.79 Å². The van der Waals surface area contributed by atoms with Gasteiger partial charge in [0.2, 0.25) is 0 Å². The maximum absolute atomic E-state index is 11.5. The van der Waals surface area contributed by atoms with E-state index >= 15 is 0 Å². The molecule has 0 atom stereocenters. The van der Waals surface area contributed by atoms with Gasteiger partial charge in [0.15, 0.2) is 0 Å². The van der Waals surface area contributed by atoms with Crippen molar-refractivity contribution < 1.29 is 14.1 Å². The summed E-state index contributed by atoms with van der Waals surface area (Å²) < 4.78 is 3.99. The fourth-order valence-electron chi connectivity index (χ4n) is 1.56. The zero-order chi connectivity index (χ0) is 12.8. The fraction of sp³-hybridized carbons (Fsp3) is 0. The van der Waals surface area contributed by atoms with Gasteiger partial charge >= 0.3 is 0 Å². The van der Waals surface area contributed by atoms with E-state index in [1.54, 1.807) is 12.1 Å². The lowest BCUT2D eigenvalue weighted by atomic mass is 10.0. The van der Waals surface area contributed by atoms with Crippen LogP contribution in [0.3, 0.4) is 0 Å². The Balaban J connectivity index is 2.13. The first kappa shape index (κ1) is 12.6. The van der Waals surface area contributed by atoms with Crippen molar-refractivity contribution in [3.8, 4) is 11.1 Å². The average molecular weight is 261 g/mol. The van der Waals surface area contributed by atoms with Crippen molar-refractivity contribution in [2.45, 2.75) is 0 Å². The monoisotopic (exact) mass is 261 g/mol. The molecule has 5 heteroatoms. The predicted octanol–water partition coefficient (Wildman–Crippen LogP) is 2.79. The first-order valence-corrected chi connectivity index (χ1v) is 5.60. The molecule has 2 rings (SSSR count). The molecule has 92 valence electrons. The molecule has 0 aliphatic carbocycles. The van der Waals surface area contributed by atoms with E-state index in [0.29, 0.717) is 5.56 Å². The van der Waals surface area contributed by atoms with Crippen molar-refractivity contribution >= 4 is 18.8 Å². The van der Waals surface area contributed by atoms with Crippen molar-refractivity contribution in [3.05, 3.63) is 60.2 Å². The van der Waals surface area contributed by atoms with Gasteiger partial charge in [0.05, 0.1) is 0 Å². The van der Waals surface area contributed by atoms with Gasteiger partial charge in [0.25, 0.3) is 5.91 Å². The van der Waals surface area contributed by atoms with E-state index in [1.165, 1.54) is 0 Å². The molecular formula is C13H11NO3S. The second-order valence-corrected chi connectivity index (χ2v) is 3.68. The molecule has 0 aromatic heterocycles. The molecule has 0 saturated heterocycles. The number of carbonyl (C=O) groups excluding carboxylic acids is 1. The number of carbonyl (C=O) groups is 1. The van der Waals surface area contributed by atoms with E-state index < -0.39 is 5.91 Å². The Bertz CT molecular complexity index is 514. The van der Waals surface area contributed by atoms with Crippen LogP contribution in [0, 0.1) is 0 Å². The van der Waals surface area contributed by atoms with Gasteiger partial charge in [0, 0.05) is 18.5 Å². The topological polar surface area (TPSA) is 47.6 Å². The summed E-state index contributed by atoms with van der Waals surface area (Å²) in [5.41, 5.74) is 4.68. The number of benzene rings is 2. The maximum atomic E-state index is 11.5. The van der Waals surface area contributed by atoms with Crippen LogP contribution in [0.2, 0.25) is 0 Å². The summed E-state index contributed by atoms with van der Waals surface area (Å²) >= 11 is 3.33. The Hall–Kier alpha value is -1.82. The van der Waals surface area contributed by atoms with Crippen molar-refractivity contribution in [2.75, 3.05) is 0 Å². The van der Waals surface area contributed by atoms with Crippen molar-refractivity contribution in [1.82, 2.24) is 5.48 Å². The molecule has 0 aliphatic heterocycles. The van der Waals surface area contributed by atoms with Crippen LogP contribution in [0.15, 0.2) is 54.6 Å². The Labute approximate surface area is 110 Å². The third-order valence-electron chi connectivity index (χ3n) is 2.43. The summed E-state index contributed by atoms with van der Waals surface area (Å²) in [7, 11) is 0. The minimum atomic E-state index is -0.399. The number of hydrogen-bond acceptors (Lipinski definition) is 4. The fourth-order valence-corrected chi connectivity index (χ4v) is 1.60. The molecule has 0 radical (unpaired) electrons. The molecule has 2 aromatic rings. The zero-order valence-corrected chi connectivity index (χ0v) is 10.3. The first-order chi connectivity index (χ1) is 8.81. The van der Waals surface area contributed by atoms with Gasteiger partial charge in [-0.2, -0.15) is 5.48 Å². The van der Waals surface area contributed by atoms with E-state index in [2.05, 4.69) is 27.7 Å². The van der Waals surface area contributed by atoms with Gasteiger partial charge in [-0.05, 0) is 23.3 Å². The van der Waals surface area contributed by atoms with Crippen LogP contribution in [-0.2, 0) is 9.32 Å². The van der Waals surface area contributed by atoms with Gasteiger partial charge in [-0.1, -0.05) is 47.5 Å². The lowest BCUT2D eigenvalue weighted by molar-refractivity contribution is -0.227. The van der Waals surface area contributed by atoms with Gasteiger partial charge in [-0.25, -0.2) is 0 Å². The van der Waals surface area contributed by atoms with Crippen molar-refractivity contribution in [2.24, 2.45) is 0 Å². The normalized spacial score (nSPS) is 10.1. The summed E-state index contributed by atoms with van der Waals surface area (Å²) in [4.78, 5) is 15.7. The number of nitrogens with one attached hydrogen (secondary N) is 1. The SMILES string of the molecule is O=C(NOOS)c1ccc(-c2ccccc2)cc1. The lowest BCUT2D eigenvalue weighted by Crippen LogP contribution is -2.22. The number of amides is 1. The number of rotatable bonds is 4. The highest BCUT2D eigenvalue weighted by molar-refractivity contribution is 7.74. The summed E-state index contributed by atoms with van der Waals surface area (Å²) in [5, 5.41) is 0. The van der Waals surface area contributed by atoms with E-state index in [9.17, 15) is 4.79 Å². The molecule has 0 unspecified atom stereocenters. The summed E-state index contributed by atoms with van der Waals surface area (Å²) in [6.45, 7) is 0. The molecule has 1 amide bonds. The third kappa shape index (κ3) is 3.10. The first-order valence-electron chi connectivity index (χ1n) is 5.24. The molecule has 0 fully saturated rings. The molecule has 1 N–H and O–H groups in total. The van der Waals surface area contributed by atoms with E-state index in [0.717, 1.165) is 11.1 Å². The van der Waals surface area contributed by atoms with Crippen LogP contribution < -0.4 is 5.48 Å². The average Bonchev–Trinajstić information content (AvgIpc) is 2.46. The molecule has 18 heavy (non-hydrogen) atoms. The molecule has 0 spiro atoms. The molecule has 0 heterocycles. The number of thiol groups is 1. The summed E-state index contributed by atoms with van der Waals surface area (Å²) in [6, 6.07) is 17.1. The lowest BCUT2D eigenvalue weighted by Gasteiger charge is -2.04. The van der Waals surface area contributed by atoms with Crippen LogP contribution in [0.1, 0.15) is 10.4 Å². The Morgan fingerprint density at radius 2 is 1.56 bits per heavy atom. The van der Waals surface area contributed by atoms with E-state index in [1.807, 2.05) is 42.5 Å². The van der Waals surface area contributed by atoms with Crippen LogP contribution in [-0.4, -0.2) is 5.91 Å². The highest BCUT2D eigenvalue weighted by atomic mass is 32.1. The third-order valence-corrected chi connectivity index (χ3v) is 2.50. The highest BCUT2D eigenvalue weighted by Crippen LogP contribution is 2.19. The quantitative estimate of drug-likeness (QED) is 0.385. The summed E-state index contributed by atoms with van der Waals surface area (Å²) in [6.07, 6.45) is 0. The second-order valence-electron chi connectivity index (χ2n) is 3.53. The molecule has 4 nitrogen and oxygen atoms in total. The van der Waals surface area contributed by atoms with Gasteiger partial charge < -0.3 is 0 Å². The van der Waals surface area contributed by atoms with E-state index in [4.69, 9.17) is 0 Å². The van der Waals surface area contributed by atoms with Gasteiger partial charge in [0.1, 0.15) is 0 Å². The van der Waals surface area contributed by atoms with Crippen molar-refractivity contribution in [1.29, 1.82) is 0 Å². The molecular weight excluding hydrogens is 250 g/mol. The van der Waals surface area contributed by atoms with Crippen molar-refractivity contribution in [3.63, 3.8) is 0 Å². The highest BCUT2D eigenvalue weighted by Gasteiger charge is 2.05. The second kappa shape index (κ2) is 6.20. The molecule has 0 bridgehead atoms. The minimum absolute atomic E-state index is 0.399. The number of hydrogen-bond donors (Lipinski definition) is 2. The number of hydroxylamine groups is 1. The Kier molecular flexibility index (Phi) is 4.35. The summed E-state index contributed by atoms with van der Waals surface area (Å²) in [5.74, 6) is -0.399. The smallest absolute Gasteiger partial charge is 0.267 e. The van der Waals surface area contributed by atoms with Crippen LogP contribution in [0.5, 0.6) is 0 Å². The van der Waals surface area contributed by atoms with Crippen LogP contribution >= 0.6 is 12.9 Å². The van der Waals surface area contributed by atoms with E-state index in [-0.39, 0.29) is 0 Å². The Morgan fingerprint density at radius 1 is 0.944 bits per heavy atom. The standard InChI is InChI=1S/C13H11NO3S/c15-13(14-16-17-18)12-8-6-11(7-9-12)10-4-2-1-3-5-10/h1-9,18H,(H,14,15). The zero-order valence-electron chi connectivity index (χ0n) is 9.37. The van der Waals surface area contributed by atoms with Gasteiger partial charge in [-0.15, -0.1) is 4.33 Å². The van der Waals surface area contributed by atoms with Crippen LogP contribution in [0.25, 0.3) is 11.1 Å². The molecule has 0 aliphatic rings. The Morgan fingerprint density at radius 3 is 2.17 bits per heavy atom. The predicted molar refractivity (Wildman–Crippen MR) is 70.5 cm³/mol. The largest absolute Gasteiger partial charge is 0.277 e.